The van der Waals surface area contributed by atoms with Crippen molar-refractivity contribution in [2.75, 3.05) is 33.7 Å². The van der Waals surface area contributed by atoms with Gasteiger partial charge in [-0.05, 0) is 38.3 Å². The maximum atomic E-state index is 12.1. The van der Waals surface area contributed by atoms with Crippen LogP contribution in [0.25, 0.3) is 0 Å². The van der Waals surface area contributed by atoms with E-state index in [2.05, 4.69) is 17.0 Å². The topological polar surface area (TPSA) is 78.5 Å². The highest BCUT2D eigenvalue weighted by Gasteiger charge is 2.33. The van der Waals surface area contributed by atoms with Crippen molar-refractivity contribution in [3.05, 3.63) is 0 Å². The van der Waals surface area contributed by atoms with Gasteiger partial charge in [0.15, 0.2) is 5.25 Å². The first-order chi connectivity index (χ1) is 8.68. The fourth-order valence-electron chi connectivity index (χ4n) is 2.10. The second-order valence-electron chi connectivity index (χ2n) is 5.80. The zero-order valence-corrected chi connectivity index (χ0v) is 13.0. The largest absolute Gasteiger partial charge is 0.348 e. The number of hydrogen-bond acceptors (Lipinski definition) is 4. The molecule has 0 aromatic rings. The van der Waals surface area contributed by atoms with Crippen molar-refractivity contribution in [1.82, 2.24) is 14.9 Å². The molecule has 0 aromatic heterocycles. The lowest BCUT2D eigenvalue weighted by atomic mass is 9.81. The Bertz CT molecular complexity index is 414. The van der Waals surface area contributed by atoms with Crippen molar-refractivity contribution in [3.8, 4) is 0 Å². The maximum absolute atomic E-state index is 12.1. The van der Waals surface area contributed by atoms with Gasteiger partial charge in [0.05, 0.1) is 0 Å². The van der Waals surface area contributed by atoms with E-state index in [1.807, 2.05) is 0 Å². The van der Waals surface area contributed by atoms with Gasteiger partial charge in [-0.2, -0.15) is 0 Å². The van der Waals surface area contributed by atoms with Gasteiger partial charge in [-0.1, -0.05) is 6.92 Å². The molecule has 1 amide bonds. The highest BCUT2D eigenvalue weighted by atomic mass is 32.2. The number of piperidine rings is 1. The van der Waals surface area contributed by atoms with Gasteiger partial charge in [0.25, 0.3) is 0 Å². The van der Waals surface area contributed by atoms with Crippen LogP contribution in [0.3, 0.4) is 0 Å². The molecule has 6 nitrogen and oxygen atoms in total. The normalized spacial score (nSPS) is 20.8. The predicted molar refractivity (Wildman–Crippen MR) is 75.3 cm³/mol. The summed E-state index contributed by atoms with van der Waals surface area (Å²) in [6.45, 7) is 5.71. The van der Waals surface area contributed by atoms with Crippen LogP contribution in [0.15, 0.2) is 0 Å². The van der Waals surface area contributed by atoms with Crippen molar-refractivity contribution in [3.63, 3.8) is 0 Å². The standard InChI is InChI=1S/C12H25N3O3S/c1-10(11(16)15(3)4)19(17,18)14-9-12(2)5-7-13-8-6-12/h10,13-14H,5-9H2,1-4H3. The Morgan fingerprint density at radius 2 is 1.89 bits per heavy atom. The molecule has 1 unspecified atom stereocenters. The van der Waals surface area contributed by atoms with Crippen LogP contribution in [-0.4, -0.2) is 58.2 Å². The van der Waals surface area contributed by atoms with Gasteiger partial charge in [-0.3, -0.25) is 4.79 Å². The van der Waals surface area contributed by atoms with Crippen LogP contribution in [0, 0.1) is 5.41 Å². The molecule has 0 radical (unpaired) electrons. The number of rotatable bonds is 5. The second-order valence-corrected chi connectivity index (χ2v) is 7.89. The van der Waals surface area contributed by atoms with Crippen LogP contribution in [0.1, 0.15) is 26.7 Å². The third-order valence-corrected chi connectivity index (χ3v) is 5.44. The lowest BCUT2D eigenvalue weighted by Gasteiger charge is -2.34. The second kappa shape index (κ2) is 6.19. The molecule has 1 heterocycles. The van der Waals surface area contributed by atoms with Crippen molar-refractivity contribution in [2.45, 2.75) is 31.9 Å². The van der Waals surface area contributed by atoms with E-state index in [-0.39, 0.29) is 5.41 Å². The van der Waals surface area contributed by atoms with Crippen LogP contribution in [-0.2, 0) is 14.8 Å². The first-order valence-electron chi connectivity index (χ1n) is 6.58. The monoisotopic (exact) mass is 291 g/mol. The number of nitrogens with zero attached hydrogens (tertiary/aromatic N) is 1. The summed E-state index contributed by atoms with van der Waals surface area (Å²) in [5.41, 5.74) is -0.0286. The van der Waals surface area contributed by atoms with E-state index in [0.29, 0.717) is 6.54 Å². The lowest BCUT2D eigenvalue weighted by molar-refractivity contribution is -0.127. The highest BCUT2D eigenvalue weighted by molar-refractivity contribution is 7.90. The van der Waals surface area contributed by atoms with Crippen molar-refractivity contribution in [1.29, 1.82) is 0 Å². The summed E-state index contributed by atoms with van der Waals surface area (Å²) in [5.74, 6) is -0.400. The lowest BCUT2D eigenvalue weighted by Crippen LogP contribution is -2.47. The quantitative estimate of drug-likeness (QED) is 0.733. The van der Waals surface area contributed by atoms with Crippen LogP contribution < -0.4 is 10.0 Å². The third-order valence-electron chi connectivity index (χ3n) is 3.76. The molecule has 0 saturated carbocycles. The fraction of sp³-hybridized carbons (Fsp3) is 0.917. The van der Waals surface area contributed by atoms with E-state index < -0.39 is 21.2 Å². The molecule has 7 heteroatoms. The van der Waals surface area contributed by atoms with Crippen molar-refractivity contribution >= 4 is 15.9 Å². The molecule has 1 rings (SSSR count). The highest BCUT2D eigenvalue weighted by Crippen LogP contribution is 2.27. The van der Waals surface area contributed by atoms with Gasteiger partial charge >= 0.3 is 0 Å². The first-order valence-corrected chi connectivity index (χ1v) is 8.13. The van der Waals surface area contributed by atoms with E-state index in [4.69, 9.17) is 0 Å². The number of nitrogens with one attached hydrogen (secondary N) is 2. The SMILES string of the molecule is CC(C(=O)N(C)C)S(=O)(=O)NCC1(C)CCNCC1. The Hall–Kier alpha value is -0.660. The Balaban J connectivity index is 2.62. The van der Waals surface area contributed by atoms with E-state index in [1.165, 1.54) is 11.8 Å². The number of hydrogen-bond donors (Lipinski definition) is 2. The van der Waals surface area contributed by atoms with E-state index in [0.717, 1.165) is 25.9 Å². The van der Waals surface area contributed by atoms with Crippen molar-refractivity contribution < 1.29 is 13.2 Å². The van der Waals surface area contributed by atoms with Crippen LogP contribution in [0.5, 0.6) is 0 Å². The first kappa shape index (κ1) is 16.4. The van der Waals surface area contributed by atoms with Crippen molar-refractivity contribution in [2.24, 2.45) is 5.41 Å². The van der Waals surface area contributed by atoms with Gasteiger partial charge in [0.1, 0.15) is 0 Å². The molecule has 19 heavy (non-hydrogen) atoms. The molecule has 112 valence electrons. The molecular formula is C12H25N3O3S. The maximum Gasteiger partial charge on any atom is 0.241 e. The zero-order chi connectivity index (χ0) is 14.7. The average molecular weight is 291 g/mol. The van der Waals surface area contributed by atoms with Gasteiger partial charge < -0.3 is 10.2 Å². The van der Waals surface area contributed by atoms with E-state index in [1.54, 1.807) is 14.1 Å². The fourth-order valence-corrected chi connectivity index (χ4v) is 3.38. The van der Waals surface area contributed by atoms with E-state index >= 15 is 0 Å². The molecule has 1 aliphatic rings. The molecule has 2 N–H and O–H groups in total. The molecule has 0 aliphatic carbocycles. The molecule has 1 fully saturated rings. The Labute approximate surface area is 116 Å². The summed E-state index contributed by atoms with van der Waals surface area (Å²) >= 11 is 0. The predicted octanol–water partition coefficient (Wildman–Crippen LogP) is -0.228. The van der Waals surface area contributed by atoms with Gasteiger partial charge in [-0.15, -0.1) is 0 Å². The molecule has 1 saturated heterocycles. The summed E-state index contributed by atoms with van der Waals surface area (Å²) in [6.07, 6.45) is 1.87. The molecule has 0 aromatic carbocycles. The zero-order valence-electron chi connectivity index (χ0n) is 12.2. The summed E-state index contributed by atoms with van der Waals surface area (Å²) in [5, 5.41) is 2.21. The Morgan fingerprint density at radius 3 is 2.37 bits per heavy atom. The van der Waals surface area contributed by atoms with Crippen LogP contribution >= 0.6 is 0 Å². The number of carbonyl (C=O) groups excluding carboxylic acids is 1. The molecule has 0 bridgehead atoms. The van der Waals surface area contributed by atoms with Crippen LogP contribution in [0.2, 0.25) is 0 Å². The molecule has 1 atom stereocenters. The summed E-state index contributed by atoms with van der Waals surface area (Å²) < 4.78 is 26.8. The smallest absolute Gasteiger partial charge is 0.241 e. The summed E-state index contributed by atoms with van der Waals surface area (Å²) in [7, 11) is -0.488. The minimum Gasteiger partial charge on any atom is -0.348 e. The minimum absolute atomic E-state index is 0.0286. The van der Waals surface area contributed by atoms with Crippen LogP contribution in [0.4, 0.5) is 0 Å². The van der Waals surface area contributed by atoms with Gasteiger partial charge in [-0.25, -0.2) is 13.1 Å². The minimum atomic E-state index is -3.60. The molecule has 0 spiro atoms. The number of amides is 1. The van der Waals surface area contributed by atoms with Gasteiger partial charge in [0, 0.05) is 20.6 Å². The number of carbonyl (C=O) groups is 1. The Kier molecular flexibility index (Phi) is 5.34. The third kappa shape index (κ3) is 4.43. The average Bonchev–Trinajstić information content (AvgIpc) is 2.35. The summed E-state index contributed by atoms with van der Waals surface area (Å²) in [4.78, 5) is 13.0. The summed E-state index contributed by atoms with van der Waals surface area (Å²) in [6, 6.07) is 0. The molecular weight excluding hydrogens is 266 g/mol. The molecule has 1 aliphatic heterocycles. The van der Waals surface area contributed by atoms with E-state index in [9.17, 15) is 13.2 Å². The number of sulfonamides is 1. The van der Waals surface area contributed by atoms with Gasteiger partial charge in [0.2, 0.25) is 15.9 Å². The Morgan fingerprint density at radius 1 is 1.37 bits per heavy atom.